The Bertz CT molecular complexity index is 223. The van der Waals surface area contributed by atoms with Gasteiger partial charge in [-0.2, -0.15) is 0 Å². The van der Waals surface area contributed by atoms with Crippen molar-refractivity contribution >= 4 is 6.03 Å². The number of rotatable bonds is 3. The Kier molecular flexibility index (Phi) is 3.93. The quantitative estimate of drug-likeness (QED) is 0.629. The largest absolute Gasteiger partial charge is 0.379 e. The third kappa shape index (κ3) is 3.68. The number of nitrogens with one attached hydrogen (secondary N) is 2. The summed E-state index contributed by atoms with van der Waals surface area (Å²) in [5.74, 6) is 0. The zero-order valence-electron chi connectivity index (χ0n) is 9.67. The van der Waals surface area contributed by atoms with E-state index in [1.165, 1.54) is 0 Å². The summed E-state index contributed by atoms with van der Waals surface area (Å²) < 4.78 is 5.17. The van der Waals surface area contributed by atoms with E-state index in [0.717, 1.165) is 13.0 Å². The minimum absolute atomic E-state index is 0.0944. The second-order valence-electron chi connectivity index (χ2n) is 4.67. The van der Waals surface area contributed by atoms with Gasteiger partial charge in [0.05, 0.1) is 18.2 Å². The predicted molar refractivity (Wildman–Crippen MR) is 58.6 cm³/mol. The van der Waals surface area contributed by atoms with Crippen molar-refractivity contribution in [1.29, 1.82) is 0 Å². The summed E-state index contributed by atoms with van der Waals surface area (Å²) >= 11 is 0. The molecule has 0 aromatic carbocycles. The molecule has 2 amide bonds. The maximum atomic E-state index is 11.6. The standard InChI is InChI=1S/C10H21N3O2/c1-7(11)10(2,3)13-9(14)12-8-4-5-15-6-8/h7-8H,4-6,11H2,1-3H3,(H2,12,13,14). The van der Waals surface area contributed by atoms with E-state index in [0.29, 0.717) is 6.61 Å². The molecule has 1 fully saturated rings. The number of ether oxygens (including phenoxy) is 1. The van der Waals surface area contributed by atoms with Crippen molar-refractivity contribution in [3.63, 3.8) is 0 Å². The van der Waals surface area contributed by atoms with Gasteiger partial charge >= 0.3 is 6.03 Å². The molecule has 1 saturated heterocycles. The smallest absolute Gasteiger partial charge is 0.315 e. The first-order valence-corrected chi connectivity index (χ1v) is 5.34. The highest BCUT2D eigenvalue weighted by Crippen LogP contribution is 2.07. The molecular formula is C10H21N3O2. The molecule has 5 nitrogen and oxygen atoms in total. The van der Waals surface area contributed by atoms with Crippen LogP contribution in [-0.2, 0) is 4.74 Å². The fourth-order valence-electron chi connectivity index (χ4n) is 1.28. The summed E-state index contributed by atoms with van der Waals surface area (Å²) in [6.45, 7) is 7.01. The van der Waals surface area contributed by atoms with Gasteiger partial charge in [0.25, 0.3) is 0 Å². The van der Waals surface area contributed by atoms with Crippen molar-refractivity contribution in [2.45, 2.75) is 44.8 Å². The fraction of sp³-hybridized carbons (Fsp3) is 0.900. The molecule has 1 rings (SSSR count). The fourth-order valence-corrected chi connectivity index (χ4v) is 1.28. The van der Waals surface area contributed by atoms with Crippen molar-refractivity contribution in [1.82, 2.24) is 10.6 Å². The van der Waals surface area contributed by atoms with Crippen LogP contribution in [0.25, 0.3) is 0 Å². The highest BCUT2D eigenvalue weighted by molar-refractivity contribution is 5.75. The van der Waals surface area contributed by atoms with E-state index in [9.17, 15) is 4.79 Å². The van der Waals surface area contributed by atoms with E-state index in [4.69, 9.17) is 10.5 Å². The normalized spacial score (nSPS) is 23.6. The van der Waals surface area contributed by atoms with Crippen LogP contribution < -0.4 is 16.4 Å². The maximum absolute atomic E-state index is 11.6. The van der Waals surface area contributed by atoms with Gasteiger partial charge in [-0.05, 0) is 27.2 Å². The van der Waals surface area contributed by atoms with Crippen LogP contribution in [0.3, 0.4) is 0 Å². The maximum Gasteiger partial charge on any atom is 0.315 e. The molecule has 0 aromatic rings. The summed E-state index contributed by atoms with van der Waals surface area (Å²) in [4.78, 5) is 11.6. The van der Waals surface area contributed by atoms with Crippen LogP contribution in [0.15, 0.2) is 0 Å². The van der Waals surface area contributed by atoms with Gasteiger partial charge in [0.2, 0.25) is 0 Å². The number of urea groups is 1. The van der Waals surface area contributed by atoms with E-state index in [1.54, 1.807) is 0 Å². The zero-order valence-corrected chi connectivity index (χ0v) is 9.67. The van der Waals surface area contributed by atoms with Crippen LogP contribution in [0.4, 0.5) is 4.79 Å². The van der Waals surface area contributed by atoms with Crippen LogP contribution >= 0.6 is 0 Å². The average Bonchev–Trinajstić information content (AvgIpc) is 2.54. The molecule has 4 N–H and O–H groups in total. The Morgan fingerprint density at radius 2 is 2.27 bits per heavy atom. The molecule has 5 heteroatoms. The zero-order chi connectivity index (χ0) is 11.5. The third-order valence-electron chi connectivity index (χ3n) is 2.84. The SMILES string of the molecule is CC(N)C(C)(C)NC(=O)NC1CCOC1. The van der Waals surface area contributed by atoms with Gasteiger partial charge < -0.3 is 21.1 Å². The summed E-state index contributed by atoms with van der Waals surface area (Å²) in [5, 5.41) is 5.71. The first kappa shape index (κ1) is 12.3. The van der Waals surface area contributed by atoms with Crippen LogP contribution in [0, 0.1) is 0 Å². The molecule has 88 valence electrons. The molecule has 0 saturated carbocycles. The summed E-state index contributed by atoms with van der Waals surface area (Å²) in [6, 6.07) is -0.134. The molecule has 0 aliphatic carbocycles. The first-order valence-electron chi connectivity index (χ1n) is 5.34. The van der Waals surface area contributed by atoms with Gasteiger partial charge in [0, 0.05) is 12.6 Å². The van der Waals surface area contributed by atoms with Crippen molar-refractivity contribution in [2.24, 2.45) is 5.73 Å². The molecule has 1 aliphatic rings. The van der Waals surface area contributed by atoms with Gasteiger partial charge in [-0.15, -0.1) is 0 Å². The predicted octanol–water partition coefficient (Wildman–Crippen LogP) is 0.200. The minimum Gasteiger partial charge on any atom is -0.379 e. The lowest BCUT2D eigenvalue weighted by Crippen LogP contribution is -2.58. The van der Waals surface area contributed by atoms with Crippen molar-refractivity contribution in [3.8, 4) is 0 Å². The highest BCUT2D eigenvalue weighted by atomic mass is 16.5. The van der Waals surface area contributed by atoms with Crippen LogP contribution in [0.5, 0.6) is 0 Å². The summed E-state index contributed by atoms with van der Waals surface area (Å²) in [7, 11) is 0. The Morgan fingerprint density at radius 3 is 2.73 bits per heavy atom. The second-order valence-corrected chi connectivity index (χ2v) is 4.67. The lowest BCUT2D eigenvalue weighted by Gasteiger charge is -2.30. The molecule has 0 aromatic heterocycles. The number of hydrogen-bond acceptors (Lipinski definition) is 3. The Balaban J connectivity index is 2.34. The lowest BCUT2D eigenvalue weighted by atomic mass is 9.97. The van der Waals surface area contributed by atoms with Crippen LogP contribution in [0.1, 0.15) is 27.2 Å². The number of carbonyl (C=O) groups excluding carboxylic acids is 1. The van der Waals surface area contributed by atoms with Gasteiger partial charge in [0.15, 0.2) is 0 Å². The third-order valence-corrected chi connectivity index (χ3v) is 2.84. The molecule has 1 heterocycles. The van der Waals surface area contributed by atoms with Gasteiger partial charge in [0.1, 0.15) is 0 Å². The van der Waals surface area contributed by atoms with Gasteiger partial charge in [-0.25, -0.2) is 4.79 Å². The van der Waals surface area contributed by atoms with Gasteiger partial charge in [-0.1, -0.05) is 0 Å². The molecule has 1 aliphatic heterocycles. The lowest BCUT2D eigenvalue weighted by molar-refractivity contribution is 0.186. The second kappa shape index (κ2) is 4.81. The molecule has 2 unspecified atom stereocenters. The molecule has 15 heavy (non-hydrogen) atoms. The molecule has 0 bridgehead atoms. The minimum atomic E-state index is -0.399. The van der Waals surface area contributed by atoms with Crippen LogP contribution in [-0.4, -0.2) is 36.9 Å². The van der Waals surface area contributed by atoms with Gasteiger partial charge in [-0.3, -0.25) is 0 Å². The average molecular weight is 215 g/mol. The molecule has 0 spiro atoms. The number of hydrogen-bond donors (Lipinski definition) is 3. The Labute approximate surface area is 90.7 Å². The Morgan fingerprint density at radius 1 is 1.60 bits per heavy atom. The van der Waals surface area contributed by atoms with E-state index < -0.39 is 5.54 Å². The van der Waals surface area contributed by atoms with E-state index in [-0.39, 0.29) is 18.1 Å². The number of nitrogens with two attached hydrogens (primary N) is 1. The summed E-state index contributed by atoms with van der Waals surface area (Å²) in [5.41, 5.74) is 5.36. The molecule has 0 radical (unpaired) electrons. The molecular weight excluding hydrogens is 194 g/mol. The van der Waals surface area contributed by atoms with E-state index >= 15 is 0 Å². The number of carbonyl (C=O) groups is 1. The highest BCUT2D eigenvalue weighted by Gasteiger charge is 2.26. The van der Waals surface area contributed by atoms with Crippen LogP contribution in [0.2, 0.25) is 0 Å². The summed E-state index contributed by atoms with van der Waals surface area (Å²) in [6.07, 6.45) is 0.881. The monoisotopic (exact) mass is 215 g/mol. The van der Waals surface area contributed by atoms with Crippen molar-refractivity contribution < 1.29 is 9.53 Å². The van der Waals surface area contributed by atoms with E-state index in [1.807, 2.05) is 20.8 Å². The van der Waals surface area contributed by atoms with E-state index in [2.05, 4.69) is 10.6 Å². The molecule has 2 atom stereocenters. The first-order chi connectivity index (χ1) is 6.92. The van der Waals surface area contributed by atoms with Crippen molar-refractivity contribution in [2.75, 3.05) is 13.2 Å². The topological polar surface area (TPSA) is 76.4 Å². The number of amides is 2. The Hall–Kier alpha value is -0.810. The van der Waals surface area contributed by atoms with Crippen molar-refractivity contribution in [3.05, 3.63) is 0 Å².